The van der Waals surface area contributed by atoms with Crippen molar-refractivity contribution in [1.29, 1.82) is 0 Å². The van der Waals surface area contributed by atoms with Gasteiger partial charge in [0.05, 0.1) is 5.02 Å². The Kier molecular flexibility index (Phi) is 5.19. The molecule has 2 aliphatic rings. The average Bonchev–Trinajstić information content (AvgIpc) is 2.90. The zero-order valence-corrected chi connectivity index (χ0v) is 13.2. The molecule has 1 fully saturated rings. The maximum absolute atomic E-state index is 12.3. The largest absolute Gasteiger partial charge is 0.454 e. The summed E-state index contributed by atoms with van der Waals surface area (Å²) in [4.78, 5) is 12.3. The van der Waals surface area contributed by atoms with Crippen molar-refractivity contribution in [3.05, 3.63) is 22.7 Å². The normalized spacial score (nSPS) is 23.3. The van der Waals surface area contributed by atoms with Crippen LogP contribution in [0.2, 0.25) is 5.02 Å². The number of nitrogens with one attached hydrogen (secondary N) is 2. The van der Waals surface area contributed by atoms with Gasteiger partial charge in [0.15, 0.2) is 11.5 Å². The van der Waals surface area contributed by atoms with Crippen LogP contribution in [0.3, 0.4) is 0 Å². The Hall–Kier alpha value is -1.17. The first-order valence-electron chi connectivity index (χ1n) is 6.76. The molecule has 1 aromatic rings. The number of ether oxygens (including phenoxy) is 2. The van der Waals surface area contributed by atoms with Gasteiger partial charge in [0.2, 0.25) is 6.79 Å². The van der Waals surface area contributed by atoms with Crippen LogP contribution in [0.15, 0.2) is 12.1 Å². The summed E-state index contributed by atoms with van der Waals surface area (Å²) in [6.07, 6.45) is 1.06. The smallest absolute Gasteiger partial charge is 0.251 e. The Morgan fingerprint density at radius 1 is 1.43 bits per heavy atom. The number of amides is 1. The van der Waals surface area contributed by atoms with Crippen LogP contribution in [0.1, 0.15) is 23.7 Å². The number of hydrogen-bond donors (Lipinski definition) is 2. The molecule has 7 heteroatoms. The Bertz CT molecular complexity index is 539. The first-order valence-corrected chi connectivity index (χ1v) is 7.13. The fourth-order valence-electron chi connectivity index (χ4n) is 2.53. The summed E-state index contributed by atoms with van der Waals surface area (Å²) >= 11 is 6.09. The highest BCUT2D eigenvalue weighted by molar-refractivity contribution is 6.32. The van der Waals surface area contributed by atoms with Crippen molar-refractivity contribution in [3.63, 3.8) is 0 Å². The summed E-state index contributed by atoms with van der Waals surface area (Å²) in [6, 6.07) is 3.43. The third kappa shape index (κ3) is 3.36. The van der Waals surface area contributed by atoms with E-state index in [0.717, 1.165) is 19.5 Å². The molecule has 5 nitrogen and oxygen atoms in total. The molecule has 0 bridgehead atoms. The maximum Gasteiger partial charge on any atom is 0.251 e. The van der Waals surface area contributed by atoms with Crippen molar-refractivity contribution >= 4 is 29.9 Å². The van der Waals surface area contributed by atoms with Crippen LogP contribution in [0.25, 0.3) is 0 Å². The molecule has 3 rings (SSSR count). The summed E-state index contributed by atoms with van der Waals surface area (Å²) in [5.74, 6) is 1.36. The minimum absolute atomic E-state index is 0. The van der Waals surface area contributed by atoms with Crippen LogP contribution in [0, 0.1) is 5.92 Å². The lowest BCUT2D eigenvalue weighted by atomic mass is 9.94. The van der Waals surface area contributed by atoms with Gasteiger partial charge in [-0.1, -0.05) is 18.5 Å². The molecule has 21 heavy (non-hydrogen) atoms. The van der Waals surface area contributed by atoms with Gasteiger partial charge in [-0.25, -0.2) is 0 Å². The first-order chi connectivity index (χ1) is 9.65. The predicted octanol–water partition coefficient (Wildman–Crippen LogP) is 2.22. The van der Waals surface area contributed by atoms with E-state index in [2.05, 4.69) is 17.6 Å². The van der Waals surface area contributed by atoms with Crippen LogP contribution in [0.5, 0.6) is 11.5 Å². The lowest BCUT2D eigenvalue weighted by Crippen LogP contribution is -2.50. The molecule has 0 saturated carbocycles. The zero-order valence-electron chi connectivity index (χ0n) is 11.6. The van der Waals surface area contributed by atoms with E-state index in [1.807, 2.05) is 0 Å². The average molecular weight is 333 g/mol. The molecule has 2 aliphatic heterocycles. The van der Waals surface area contributed by atoms with Gasteiger partial charge < -0.3 is 20.1 Å². The van der Waals surface area contributed by atoms with E-state index in [4.69, 9.17) is 21.1 Å². The molecule has 0 aliphatic carbocycles. The Morgan fingerprint density at radius 2 is 2.24 bits per heavy atom. The molecule has 2 heterocycles. The maximum atomic E-state index is 12.3. The summed E-state index contributed by atoms with van der Waals surface area (Å²) < 4.78 is 10.5. The molecule has 0 aromatic heterocycles. The zero-order chi connectivity index (χ0) is 14.1. The lowest BCUT2D eigenvalue weighted by Gasteiger charge is -2.30. The monoisotopic (exact) mass is 332 g/mol. The second-order valence-electron chi connectivity index (χ2n) is 5.24. The SMILES string of the molecule is CC1CCNCC1NC(=O)c1cc(Cl)c2c(c1)OCO2.Cl. The quantitative estimate of drug-likeness (QED) is 0.871. The van der Waals surface area contributed by atoms with Crippen LogP contribution in [-0.4, -0.2) is 31.8 Å². The van der Waals surface area contributed by atoms with Gasteiger partial charge in [-0.2, -0.15) is 0 Å². The van der Waals surface area contributed by atoms with Gasteiger partial charge in [0, 0.05) is 18.2 Å². The molecule has 2 N–H and O–H groups in total. The Morgan fingerprint density at radius 3 is 3.00 bits per heavy atom. The fraction of sp³-hybridized carbons (Fsp3) is 0.500. The number of halogens is 2. The Labute approximate surface area is 134 Å². The molecule has 0 radical (unpaired) electrons. The predicted molar refractivity (Wildman–Crippen MR) is 82.7 cm³/mol. The van der Waals surface area contributed by atoms with E-state index in [1.54, 1.807) is 12.1 Å². The summed E-state index contributed by atoms with van der Waals surface area (Å²) in [5.41, 5.74) is 0.497. The standard InChI is InChI=1S/C14H17ClN2O3.ClH/c1-8-2-3-16-6-11(8)17-14(18)9-4-10(15)13-12(5-9)19-7-20-13;/h4-5,8,11,16H,2-3,6-7H2,1H3,(H,17,18);1H. The highest BCUT2D eigenvalue weighted by Gasteiger charge is 2.25. The second kappa shape index (κ2) is 6.73. The van der Waals surface area contributed by atoms with Gasteiger partial charge >= 0.3 is 0 Å². The molecular formula is C14H18Cl2N2O3. The number of rotatable bonds is 2. The second-order valence-corrected chi connectivity index (χ2v) is 5.65. The third-order valence-corrected chi connectivity index (χ3v) is 4.11. The fourth-order valence-corrected chi connectivity index (χ4v) is 2.80. The molecule has 1 amide bonds. The van der Waals surface area contributed by atoms with Gasteiger partial charge in [-0.05, 0) is 31.0 Å². The van der Waals surface area contributed by atoms with E-state index < -0.39 is 0 Å². The van der Waals surface area contributed by atoms with Gasteiger partial charge in [-0.3, -0.25) is 4.79 Å². The molecule has 2 atom stereocenters. The summed E-state index contributed by atoms with van der Waals surface area (Å²) in [5, 5.41) is 6.74. The highest BCUT2D eigenvalue weighted by atomic mass is 35.5. The molecule has 1 aromatic carbocycles. The Balaban J connectivity index is 0.00000161. The number of carbonyl (C=O) groups excluding carboxylic acids is 1. The highest BCUT2D eigenvalue weighted by Crippen LogP contribution is 2.39. The minimum atomic E-state index is -0.134. The molecule has 2 unspecified atom stereocenters. The molecule has 1 saturated heterocycles. The van der Waals surface area contributed by atoms with E-state index in [-0.39, 0.29) is 31.1 Å². The van der Waals surface area contributed by atoms with Crippen LogP contribution in [-0.2, 0) is 0 Å². The summed E-state index contributed by atoms with van der Waals surface area (Å²) in [7, 11) is 0. The van der Waals surface area contributed by atoms with Gasteiger partial charge in [0.1, 0.15) is 0 Å². The van der Waals surface area contributed by atoms with Crippen molar-refractivity contribution in [3.8, 4) is 11.5 Å². The van der Waals surface area contributed by atoms with E-state index in [0.29, 0.717) is 28.0 Å². The van der Waals surface area contributed by atoms with E-state index in [1.165, 1.54) is 0 Å². The van der Waals surface area contributed by atoms with Crippen molar-refractivity contribution < 1.29 is 14.3 Å². The van der Waals surface area contributed by atoms with Crippen molar-refractivity contribution in [2.24, 2.45) is 5.92 Å². The van der Waals surface area contributed by atoms with Gasteiger partial charge in [-0.15, -0.1) is 12.4 Å². The van der Waals surface area contributed by atoms with Crippen LogP contribution >= 0.6 is 24.0 Å². The van der Waals surface area contributed by atoms with Crippen molar-refractivity contribution in [1.82, 2.24) is 10.6 Å². The lowest BCUT2D eigenvalue weighted by molar-refractivity contribution is 0.0915. The van der Waals surface area contributed by atoms with E-state index >= 15 is 0 Å². The number of carbonyl (C=O) groups is 1. The first kappa shape index (κ1) is 16.2. The molecule has 116 valence electrons. The number of fused-ring (bicyclic) bond motifs is 1. The molecular weight excluding hydrogens is 315 g/mol. The third-order valence-electron chi connectivity index (χ3n) is 3.83. The topological polar surface area (TPSA) is 59.6 Å². The number of piperidine rings is 1. The van der Waals surface area contributed by atoms with Gasteiger partial charge in [0.25, 0.3) is 5.91 Å². The number of hydrogen-bond acceptors (Lipinski definition) is 4. The molecule has 0 spiro atoms. The van der Waals surface area contributed by atoms with Crippen molar-refractivity contribution in [2.75, 3.05) is 19.9 Å². The van der Waals surface area contributed by atoms with E-state index in [9.17, 15) is 4.79 Å². The van der Waals surface area contributed by atoms with Crippen LogP contribution in [0.4, 0.5) is 0 Å². The van der Waals surface area contributed by atoms with Crippen molar-refractivity contribution in [2.45, 2.75) is 19.4 Å². The minimum Gasteiger partial charge on any atom is -0.454 e. The number of benzene rings is 1. The summed E-state index contributed by atoms with van der Waals surface area (Å²) in [6.45, 7) is 4.09. The van der Waals surface area contributed by atoms with Crippen LogP contribution < -0.4 is 20.1 Å².